The molecule has 16 heavy (non-hydrogen) atoms. The molecular weight excluding hydrogens is 198 g/mol. The molecule has 1 aromatic rings. The van der Waals surface area contributed by atoms with E-state index < -0.39 is 0 Å². The fraction of sp³-hybridized carbons (Fsp3) is 0.571. The molecule has 1 heterocycles. The number of hydrogen-bond donors (Lipinski definition) is 1. The van der Waals surface area contributed by atoms with Crippen LogP contribution in [0, 0.1) is 5.41 Å². The second kappa shape index (κ2) is 4.88. The van der Waals surface area contributed by atoms with Gasteiger partial charge in [0.15, 0.2) is 0 Å². The average Bonchev–Trinajstić information content (AvgIpc) is 2.36. The standard InChI is InChI=1S/C14H21NO/c1-2-3-8-14(10-15)9-12-6-4-5-7-13(12)16-11-14/h4-7H,2-3,8-11,15H2,1H3. The molecule has 1 aliphatic heterocycles. The summed E-state index contributed by atoms with van der Waals surface area (Å²) in [5, 5.41) is 0. The Kier molecular flexibility index (Phi) is 3.49. The van der Waals surface area contributed by atoms with Crippen LogP contribution in [0.1, 0.15) is 31.7 Å². The zero-order valence-electron chi connectivity index (χ0n) is 10.0. The van der Waals surface area contributed by atoms with E-state index >= 15 is 0 Å². The lowest BCUT2D eigenvalue weighted by Gasteiger charge is -2.37. The molecule has 2 nitrogen and oxygen atoms in total. The van der Waals surface area contributed by atoms with Crippen molar-refractivity contribution in [2.75, 3.05) is 13.2 Å². The van der Waals surface area contributed by atoms with Crippen LogP contribution in [0.15, 0.2) is 24.3 Å². The molecule has 1 aromatic carbocycles. The first-order chi connectivity index (χ1) is 7.79. The summed E-state index contributed by atoms with van der Waals surface area (Å²) in [5.41, 5.74) is 7.44. The summed E-state index contributed by atoms with van der Waals surface area (Å²) < 4.78 is 5.85. The molecule has 88 valence electrons. The number of ether oxygens (including phenoxy) is 1. The van der Waals surface area contributed by atoms with Gasteiger partial charge in [-0.15, -0.1) is 0 Å². The second-order valence-corrected chi connectivity index (χ2v) is 4.88. The molecule has 0 saturated carbocycles. The van der Waals surface area contributed by atoms with E-state index in [2.05, 4.69) is 25.1 Å². The van der Waals surface area contributed by atoms with Gasteiger partial charge in [-0.1, -0.05) is 38.0 Å². The van der Waals surface area contributed by atoms with Crippen LogP contribution in [0.25, 0.3) is 0 Å². The van der Waals surface area contributed by atoms with E-state index in [4.69, 9.17) is 10.5 Å². The number of para-hydroxylation sites is 1. The Labute approximate surface area is 97.8 Å². The van der Waals surface area contributed by atoms with Crippen LogP contribution in [0.5, 0.6) is 5.75 Å². The molecule has 1 atom stereocenters. The van der Waals surface area contributed by atoms with Crippen molar-refractivity contribution in [3.8, 4) is 5.75 Å². The molecule has 0 saturated heterocycles. The summed E-state index contributed by atoms with van der Waals surface area (Å²) >= 11 is 0. The molecule has 1 aliphatic rings. The smallest absolute Gasteiger partial charge is 0.122 e. The van der Waals surface area contributed by atoms with Crippen molar-refractivity contribution in [2.45, 2.75) is 32.6 Å². The lowest BCUT2D eigenvalue weighted by Crippen LogP contribution is -2.41. The third kappa shape index (κ3) is 2.22. The molecule has 2 N–H and O–H groups in total. The van der Waals surface area contributed by atoms with Crippen molar-refractivity contribution >= 4 is 0 Å². The van der Waals surface area contributed by atoms with E-state index in [1.807, 2.05) is 6.07 Å². The fourth-order valence-corrected chi connectivity index (χ4v) is 2.42. The van der Waals surface area contributed by atoms with Gasteiger partial charge >= 0.3 is 0 Å². The highest BCUT2D eigenvalue weighted by molar-refractivity contribution is 5.36. The van der Waals surface area contributed by atoms with Gasteiger partial charge in [0.1, 0.15) is 5.75 Å². The second-order valence-electron chi connectivity index (χ2n) is 4.88. The Morgan fingerprint density at radius 3 is 2.94 bits per heavy atom. The lowest BCUT2D eigenvalue weighted by molar-refractivity contribution is 0.114. The van der Waals surface area contributed by atoms with Crippen LogP contribution in [0.3, 0.4) is 0 Å². The van der Waals surface area contributed by atoms with Gasteiger partial charge < -0.3 is 10.5 Å². The molecule has 0 amide bonds. The van der Waals surface area contributed by atoms with Crippen LogP contribution >= 0.6 is 0 Å². The van der Waals surface area contributed by atoms with Gasteiger partial charge in [0, 0.05) is 12.0 Å². The predicted molar refractivity (Wildman–Crippen MR) is 66.7 cm³/mol. The summed E-state index contributed by atoms with van der Waals surface area (Å²) in [6.07, 6.45) is 4.71. The Morgan fingerprint density at radius 1 is 1.38 bits per heavy atom. The topological polar surface area (TPSA) is 35.2 Å². The first-order valence-corrected chi connectivity index (χ1v) is 6.20. The van der Waals surface area contributed by atoms with Crippen molar-refractivity contribution in [1.82, 2.24) is 0 Å². The van der Waals surface area contributed by atoms with Crippen molar-refractivity contribution in [3.05, 3.63) is 29.8 Å². The van der Waals surface area contributed by atoms with Crippen LogP contribution < -0.4 is 10.5 Å². The molecule has 0 fully saturated rings. The fourth-order valence-electron chi connectivity index (χ4n) is 2.42. The van der Waals surface area contributed by atoms with E-state index in [0.717, 1.165) is 25.3 Å². The van der Waals surface area contributed by atoms with Crippen LogP contribution in [0.2, 0.25) is 0 Å². The molecule has 2 heteroatoms. The SMILES string of the molecule is CCCCC1(CN)COc2ccccc2C1. The minimum atomic E-state index is 0.171. The van der Waals surface area contributed by atoms with Crippen LogP contribution in [0.4, 0.5) is 0 Å². The minimum Gasteiger partial charge on any atom is -0.493 e. The number of nitrogens with two attached hydrogens (primary N) is 1. The highest BCUT2D eigenvalue weighted by atomic mass is 16.5. The first kappa shape index (κ1) is 11.5. The number of benzene rings is 1. The maximum Gasteiger partial charge on any atom is 0.122 e. The molecule has 1 unspecified atom stereocenters. The van der Waals surface area contributed by atoms with E-state index in [0.29, 0.717) is 0 Å². The highest BCUT2D eigenvalue weighted by Gasteiger charge is 2.33. The van der Waals surface area contributed by atoms with Gasteiger partial charge in [-0.2, -0.15) is 0 Å². The number of hydrogen-bond acceptors (Lipinski definition) is 2. The quantitative estimate of drug-likeness (QED) is 0.845. The van der Waals surface area contributed by atoms with Gasteiger partial charge in [-0.05, 0) is 24.5 Å². The minimum absolute atomic E-state index is 0.171. The van der Waals surface area contributed by atoms with Gasteiger partial charge in [0.25, 0.3) is 0 Å². The summed E-state index contributed by atoms with van der Waals surface area (Å²) in [6.45, 7) is 3.73. The normalized spacial score (nSPS) is 23.6. The Bertz CT molecular complexity index is 350. The van der Waals surface area contributed by atoms with Crippen molar-refractivity contribution in [2.24, 2.45) is 11.1 Å². The number of rotatable bonds is 4. The molecule has 0 radical (unpaired) electrons. The monoisotopic (exact) mass is 219 g/mol. The Hall–Kier alpha value is -1.02. The Morgan fingerprint density at radius 2 is 2.19 bits per heavy atom. The number of fused-ring (bicyclic) bond motifs is 1. The van der Waals surface area contributed by atoms with Crippen LogP contribution in [-0.4, -0.2) is 13.2 Å². The Balaban J connectivity index is 2.15. The first-order valence-electron chi connectivity index (χ1n) is 6.20. The van der Waals surface area contributed by atoms with Crippen molar-refractivity contribution in [1.29, 1.82) is 0 Å². The van der Waals surface area contributed by atoms with E-state index in [1.165, 1.54) is 24.8 Å². The van der Waals surface area contributed by atoms with Gasteiger partial charge in [-0.25, -0.2) is 0 Å². The largest absolute Gasteiger partial charge is 0.493 e. The molecule has 0 aromatic heterocycles. The zero-order valence-corrected chi connectivity index (χ0v) is 10.0. The molecule has 0 bridgehead atoms. The average molecular weight is 219 g/mol. The van der Waals surface area contributed by atoms with Crippen molar-refractivity contribution < 1.29 is 4.74 Å². The summed E-state index contributed by atoms with van der Waals surface area (Å²) in [4.78, 5) is 0. The molecular formula is C14H21NO. The van der Waals surface area contributed by atoms with Gasteiger partial charge in [0.2, 0.25) is 0 Å². The van der Waals surface area contributed by atoms with E-state index in [9.17, 15) is 0 Å². The van der Waals surface area contributed by atoms with Gasteiger partial charge in [-0.3, -0.25) is 0 Å². The zero-order chi connectivity index (χ0) is 11.4. The van der Waals surface area contributed by atoms with E-state index in [1.54, 1.807) is 0 Å². The van der Waals surface area contributed by atoms with E-state index in [-0.39, 0.29) is 5.41 Å². The molecule has 0 aliphatic carbocycles. The maximum atomic E-state index is 5.96. The molecule has 2 rings (SSSR count). The highest BCUT2D eigenvalue weighted by Crippen LogP contribution is 2.37. The summed E-state index contributed by atoms with van der Waals surface area (Å²) in [6, 6.07) is 8.31. The van der Waals surface area contributed by atoms with Crippen molar-refractivity contribution in [3.63, 3.8) is 0 Å². The van der Waals surface area contributed by atoms with Crippen LogP contribution in [-0.2, 0) is 6.42 Å². The predicted octanol–water partition coefficient (Wildman–Crippen LogP) is 2.76. The third-order valence-electron chi connectivity index (χ3n) is 3.57. The lowest BCUT2D eigenvalue weighted by atomic mass is 9.76. The third-order valence-corrected chi connectivity index (χ3v) is 3.57. The summed E-state index contributed by atoms with van der Waals surface area (Å²) in [7, 11) is 0. The maximum absolute atomic E-state index is 5.96. The number of unbranched alkanes of at least 4 members (excludes halogenated alkanes) is 1. The van der Waals surface area contributed by atoms with Gasteiger partial charge in [0.05, 0.1) is 6.61 Å². The molecule has 0 spiro atoms. The summed E-state index contributed by atoms with van der Waals surface area (Å²) in [5.74, 6) is 1.04.